The number of ketones is 1. The van der Waals surface area contributed by atoms with E-state index in [0.29, 0.717) is 39.0 Å². The average molecular weight is 720 g/mol. The molecule has 8 aliphatic rings. The molecule has 0 amide bonds. The van der Waals surface area contributed by atoms with Crippen molar-refractivity contribution >= 4 is 5.78 Å². The zero-order chi connectivity index (χ0) is 37.1. The van der Waals surface area contributed by atoms with Crippen molar-refractivity contribution in [2.24, 2.45) is 40.4 Å². The largest absolute Gasteiger partial charge is 0.394 e. The van der Waals surface area contributed by atoms with E-state index in [4.69, 9.17) is 14.2 Å². The lowest BCUT2D eigenvalue weighted by Gasteiger charge is -2.61. The lowest BCUT2D eigenvalue weighted by Crippen LogP contribution is -2.64. The molecule has 4 aliphatic heterocycles. The van der Waals surface area contributed by atoms with Crippen LogP contribution in [0.1, 0.15) is 91.0 Å². The highest BCUT2D eigenvalue weighted by Gasteiger charge is 2.70. The number of carbonyl (C=O) groups is 1. The second kappa shape index (κ2) is 14.5. The van der Waals surface area contributed by atoms with Gasteiger partial charge in [0.25, 0.3) is 0 Å². The molecule has 15 atom stereocenters. The number of hydrogen-bond donors (Lipinski definition) is 5. The van der Waals surface area contributed by atoms with Gasteiger partial charge in [0.2, 0.25) is 0 Å². The molecule has 6 bridgehead atoms. The van der Waals surface area contributed by atoms with Crippen molar-refractivity contribution < 1.29 is 39.4 Å². The number of ether oxygens (including phenoxy) is 3. The Morgan fingerprint density at radius 1 is 1.08 bits per heavy atom. The van der Waals surface area contributed by atoms with Gasteiger partial charge >= 0.3 is 0 Å². The molecule has 4 heterocycles. The molecule has 9 heteroatoms. The number of aliphatic hydroxyl groups is 4. The van der Waals surface area contributed by atoms with Gasteiger partial charge in [0.15, 0.2) is 5.78 Å². The van der Waals surface area contributed by atoms with Crippen molar-refractivity contribution in [1.29, 1.82) is 0 Å². The summed E-state index contributed by atoms with van der Waals surface area (Å²) in [7, 11) is 0. The first-order chi connectivity index (χ1) is 24.8. The number of rotatable bonds is 9. The van der Waals surface area contributed by atoms with E-state index >= 15 is 0 Å². The zero-order valence-corrected chi connectivity index (χ0v) is 31.7. The molecule has 15 unspecified atom stereocenters. The Kier molecular flexibility index (Phi) is 10.6. The van der Waals surface area contributed by atoms with Gasteiger partial charge < -0.3 is 40.0 Å². The molecule has 4 aliphatic carbocycles. The van der Waals surface area contributed by atoms with Crippen LogP contribution in [0.15, 0.2) is 42.0 Å². The Morgan fingerprint density at radius 3 is 2.58 bits per heavy atom. The van der Waals surface area contributed by atoms with E-state index in [2.05, 4.69) is 43.1 Å². The van der Waals surface area contributed by atoms with Gasteiger partial charge in [-0.25, -0.2) is 0 Å². The molecule has 1 spiro atoms. The fourth-order valence-corrected chi connectivity index (χ4v) is 12.0. The van der Waals surface area contributed by atoms with Crippen molar-refractivity contribution in [3.63, 3.8) is 0 Å². The summed E-state index contributed by atoms with van der Waals surface area (Å²) in [5.41, 5.74) is -1.08. The van der Waals surface area contributed by atoms with Crippen LogP contribution in [0.4, 0.5) is 0 Å². The normalized spacial score (nSPS) is 43.8. The van der Waals surface area contributed by atoms with Crippen LogP contribution >= 0.6 is 0 Å². The van der Waals surface area contributed by atoms with E-state index in [-0.39, 0.29) is 66.0 Å². The van der Waals surface area contributed by atoms with Crippen LogP contribution in [-0.4, -0.2) is 101 Å². The first-order valence-corrected chi connectivity index (χ1v) is 19.9. The highest BCUT2D eigenvalue weighted by Crippen LogP contribution is 2.70. The Balaban J connectivity index is 1.25. The number of carbonyl (C=O) groups excluding carboxylic acids is 1. The topological polar surface area (TPSA) is 138 Å². The van der Waals surface area contributed by atoms with Crippen LogP contribution in [0.2, 0.25) is 0 Å². The predicted molar refractivity (Wildman–Crippen MR) is 197 cm³/mol. The molecule has 9 rings (SSSR count). The van der Waals surface area contributed by atoms with E-state index in [1.165, 1.54) is 0 Å². The lowest BCUT2D eigenvalue weighted by molar-refractivity contribution is -0.204. The molecule has 1 aromatic carbocycles. The van der Waals surface area contributed by atoms with Crippen molar-refractivity contribution in [2.45, 2.75) is 127 Å². The van der Waals surface area contributed by atoms with Gasteiger partial charge in [-0.1, -0.05) is 62.9 Å². The molecule has 4 fully saturated rings. The summed E-state index contributed by atoms with van der Waals surface area (Å²) in [6, 6.07) is 10.2. The Hall–Kier alpha value is -2.13. The molecule has 1 aromatic rings. The predicted octanol–water partition coefficient (Wildman–Crippen LogP) is 4.16. The third-order valence-corrected chi connectivity index (χ3v) is 15.0. The molecule has 0 radical (unpaired) electrons. The second-order valence-electron chi connectivity index (χ2n) is 17.8. The van der Waals surface area contributed by atoms with Gasteiger partial charge in [-0.2, -0.15) is 0 Å². The molecular weight excluding hydrogens is 658 g/mol. The summed E-state index contributed by atoms with van der Waals surface area (Å²) in [5, 5.41) is 48.3. The van der Waals surface area contributed by atoms with Crippen LogP contribution in [0.25, 0.3) is 0 Å². The van der Waals surface area contributed by atoms with Crippen LogP contribution in [0.5, 0.6) is 0 Å². The molecule has 9 nitrogen and oxygen atoms in total. The highest BCUT2D eigenvalue weighted by molar-refractivity contribution is 5.95. The third kappa shape index (κ3) is 6.23. The zero-order valence-electron chi connectivity index (χ0n) is 31.7. The quantitative estimate of drug-likeness (QED) is 0.238. The maximum Gasteiger partial charge on any atom is 0.159 e. The number of nitrogens with one attached hydrogen (secondary N) is 1. The SMILES string of the molecule is CC(O)CNCC1C(C)C(CO)OC1C(O)C(C)(O)C1CCC23OCC#CC(c4ccccc4)COC4CCC5(C)C(C4)C(=O)C=C2C5CCC13C. The molecular formula is C43H61NO8. The van der Waals surface area contributed by atoms with Gasteiger partial charge in [0, 0.05) is 30.3 Å². The summed E-state index contributed by atoms with van der Waals surface area (Å²) in [5.74, 6) is 6.29. The van der Waals surface area contributed by atoms with Crippen LogP contribution < -0.4 is 5.32 Å². The molecule has 1 saturated heterocycles. The standard InChI is InChI=1S/C43H61NO8/c1-26(46)22-44-23-31-27(2)36(24-45)52-38(31)39(48)42(5,49)37-15-18-43-33-21-35(47)34-20-30(13-16-40(34,3)32(33)14-17-41(37,43)4)50-25-29(12-9-19-51-43)28-10-7-6-8-11-28/h6-8,10-11,21,26-27,29-32,34,36-39,44-46,48-49H,13-20,22-25H2,1-5H3. The average Bonchev–Trinajstić information content (AvgIpc) is 3.61. The van der Waals surface area contributed by atoms with Crippen molar-refractivity contribution in [3.8, 4) is 11.8 Å². The van der Waals surface area contributed by atoms with Gasteiger partial charge in [-0.15, -0.1) is 0 Å². The Labute approximate surface area is 309 Å². The van der Waals surface area contributed by atoms with E-state index in [1.54, 1.807) is 13.8 Å². The van der Waals surface area contributed by atoms with Gasteiger partial charge in [0.05, 0.1) is 54.7 Å². The minimum atomic E-state index is -1.57. The summed E-state index contributed by atoms with van der Waals surface area (Å²) >= 11 is 0. The number of allylic oxidation sites excluding steroid dienone is 1. The van der Waals surface area contributed by atoms with Crippen LogP contribution in [0.3, 0.4) is 0 Å². The maximum atomic E-state index is 14.3. The smallest absolute Gasteiger partial charge is 0.159 e. The number of benzene rings is 1. The number of fused-ring (bicyclic) bond motifs is 2. The lowest BCUT2D eigenvalue weighted by atomic mass is 9.45. The summed E-state index contributed by atoms with van der Waals surface area (Å²) < 4.78 is 20.0. The maximum absolute atomic E-state index is 14.3. The minimum absolute atomic E-state index is 0.0106. The fourth-order valence-electron chi connectivity index (χ4n) is 12.0. The van der Waals surface area contributed by atoms with E-state index in [9.17, 15) is 25.2 Å². The number of aliphatic hydroxyl groups excluding tert-OH is 3. The summed E-state index contributed by atoms with van der Waals surface area (Å²) in [4.78, 5) is 14.3. The molecule has 52 heavy (non-hydrogen) atoms. The summed E-state index contributed by atoms with van der Waals surface area (Å²) in [6.07, 6.45) is 4.33. The second-order valence-corrected chi connectivity index (χ2v) is 17.8. The molecule has 286 valence electrons. The van der Waals surface area contributed by atoms with Gasteiger partial charge in [-0.3, -0.25) is 4.79 Å². The minimum Gasteiger partial charge on any atom is -0.394 e. The Morgan fingerprint density at radius 2 is 1.85 bits per heavy atom. The van der Waals surface area contributed by atoms with Crippen molar-refractivity contribution in [2.75, 3.05) is 32.9 Å². The van der Waals surface area contributed by atoms with E-state index in [1.807, 2.05) is 31.2 Å². The number of hydrogen-bond acceptors (Lipinski definition) is 9. The van der Waals surface area contributed by atoms with E-state index < -0.39 is 41.0 Å². The van der Waals surface area contributed by atoms with Crippen LogP contribution in [-0.2, 0) is 19.0 Å². The van der Waals surface area contributed by atoms with Crippen LogP contribution in [0, 0.1) is 52.3 Å². The molecule has 3 saturated carbocycles. The molecule has 5 N–H and O–H groups in total. The molecule has 0 aromatic heterocycles. The monoisotopic (exact) mass is 719 g/mol. The van der Waals surface area contributed by atoms with Crippen molar-refractivity contribution in [1.82, 2.24) is 5.32 Å². The van der Waals surface area contributed by atoms with Gasteiger partial charge in [-0.05, 0) is 99.2 Å². The third-order valence-electron chi connectivity index (χ3n) is 15.0. The van der Waals surface area contributed by atoms with Crippen molar-refractivity contribution in [3.05, 3.63) is 47.5 Å². The fraction of sp³-hybridized carbons (Fsp3) is 0.744. The first kappa shape index (κ1) is 38.2. The summed E-state index contributed by atoms with van der Waals surface area (Å²) in [6.45, 7) is 11.3. The highest BCUT2D eigenvalue weighted by atomic mass is 16.5. The van der Waals surface area contributed by atoms with Gasteiger partial charge in [0.1, 0.15) is 12.7 Å². The van der Waals surface area contributed by atoms with E-state index in [0.717, 1.165) is 36.8 Å². The first-order valence-electron chi connectivity index (χ1n) is 19.9. The Bertz CT molecular complexity index is 1550.